The van der Waals surface area contributed by atoms with Crippen molar-refractivity contribution in [3.63, 3.8) is 0 Å². The van der Waals surface area contributed by atoms with Gasteiger partial charge >= 0.3 is 0 Å². The third-order valence-electron chi connectivity index (χ3n) is 5.44. The van der Waals surface area contributed by atoms with Crippen molar-refractivity contribution in [1.29, 1.82) is 0 Å². The number of rotatable bonds is 5. The van der Waals surface area contributed by atoms with Gasteiger partial charge in [-0.2, -0.15) is 0 Å². The average Bonchev–Trinajstić information content (AvgIpc) is 2.79. The number of allylic oxidation sites excluding steroid dienone is 1. The lowest BCUT2D eigenvalue weighted by atomic mass is 9.99. The SMILES string of the molecule is COc1cc(C2=CCc3c(O)cc(OC4OC(CO)C(O)C(O)C4O)cc3O2)ccc1O. The van der Waals surface area contributed by atoms with Gasteiger partial charge < -0.3 is 49.6 Å². The molecule has 0 aliphatic carbocycles. The number of phenols is 2. The molecule has 172 valence electrons. The van der Waals surface area contributed by atoms with Crippen LogP contribution in [0.3, 0.4) is 0 Å². The van der Waals surface area contributed by atoms with Crippen molar-refractivity contribution in [3.05, 3.63) is 47.5 Å². The first kappa shape index (κ1) is 22.2. The van der Waals surface area contributed by atoms with Crippen molar-refractivity contribution < 1.29 is 49.6 Å². The fraction of sp³-hybridized carbons (Fsp3) is 0.364. The number of hydrogen-bond donors (Lipinski definition) is 6. The number of aliphatic hydroxyl groups excluding tert-OH is 4. The van der Waals surface area contributed by atoms with E-state index in [-0.39, 0.29) is 23.0 Å². The van der Waals surface area contributed by atoms with Crippen molar-refractivity contribution in [2.45, 2.75) is 37.1 Å². The number of aromatic hydroxyl groups is 2. The molecule has 10 heteroatoms. The maximum atomic E-state index is 10.4. The van der Waals surface area contributed by atoms with Gasteiger partial charge in [0, 0.05) is 29.7 Å². The zero-order valence-electron chi connectivity index (χ0n) is 17.1. The number of hydrogen-bond acceptors (Lipinski definition) is 10. The summed E-state index contributed by atoms with van der Waals surface area (Å²) in [5, 5.41) is 59.5. The molecule has 2 aliphatic heterocycles. The summed E-state index contributed by atoms with van der Waals surface area (Å²) in [7, 11) is 1.44. The highest BCUT2D eigenvalue weighted by Crippen LogP contribution is 2.41. The molecule has 2 aromatic rings. The van der Waals surface area contributed by atoms with E-state index in [1.54, 1.807) is 18.2 Å². The van der Waals surface area contributed by atoms with Gasteiger partial charge in [-0.1, -0.05) is 0 Å². The van der Waals surface area contributed by atoms with E-state index in [2.05, 4.69) is 0 Å². The number of fused-ring (bicyclic) bond motifs is 1. The Labute approximate surface area is 183 Å². The predicted octanol–water partition coefficient (Wildman–Crippen LogP) is 0.261. The number of ether oxygens (including phenoxy) is 4. The van der Waals surface area contributed by atoms with Gasteiger partial charge in [0.2, 0.25) is 6.29 Å². The molecular weight excluding hydrogens is 424 g/mol. The maximum absolute atomic E-state index is 10.4. The van der Waals surface area contributed by atoms with E-state index in [0.29, 0.717) is 29.1 Å². The second-order valence-corrected chi connectivity index (χ2v) is 7.50. The van der Waals surface area contributed by atoms with Crippen LogP contribution in [0.1, 0.15) is 11.1 Å². The van der Waals surface area contributed by atoms with E-state index in [0.717, 1.165) is 0 Å². The molecule has 32 heavy (non-hydrogen) atoms. The fourth-order valence-corrected chi connectivity index (χ4v) is 3.63. The normalized spacial score (nSPS) is 27.2. The van der Waals surface area contributed by atoms with E-state index >= 15 is 0 Å². The second kappa shape index (κ2) is 8.85. The second-order valence-electron chi connectivity index (χ2n) is 7.50. The van der Waals surface area contributed by atoms with Gasteiger partial charge in [0.15, 0.2) is 11.5 Å². The molecular formula is C22H24O10. The Morgan fingerprint density at radius 3 is 2.50 bits per heavy atom. The van der Waals surface area contributed by atoms with Crippen LogP contribution in [0.2, 0.25) is 0 Å². The standard InChI is InChI=1S/C22H24O10/c1-29-17-6-10(2-4-13(17)24)15-5-3-12-14(25)7-11(8-16(12)31-15)30-22-21(28)20(27)19(26)18(9-23)32-22/h2,4-8,18-28H,3,9H2,1H3. The minimum Gasteiger partial charge on any atom is -0.507 e. The van der Waals surface area contributed by atoms with Crippen LogP contribution in [0, 0.1) is 0 Å². The van der Waals surface area contributed by atoms with E-state index in [9.17, 15) is 30.6 Å². The van der Waals surface area contributed by atoms with Crippen LogP contribution in [-0.2, 0) is 11.2 Å². The lowest BCUT2D eigenvalue weighted by molar-refractivity contribution is -0.277. The smallest absolute Gasteiger partial charge is 0.229 e. The third-order valence-corrected chi connectivity index (χ3v) is 5.44. The Bertz CT molecular complexity index is 1020. The molecule has 0 bridgehead atoms. The Hall–Kier alpha value is -3.02. The van der Waals surface area contributed by atoms with E-state index < -0.39 is 37.3 Å². The highest BCUT2D eigenvalue weighted by molar-refractivity contribution is 5.69. The summed E-state index contributed by atoms with van der Waals surface area (Å²) in [4.78, 5) is 0. The number of methoxy groups -OCH3 is 1. The van der Waals surface area contributed by atoms with Crippen LogP contribution in [0.4, 0.5) is 0 Å². The molecule has 1 saturated heterocycles. The molecule has 0 saturated carbocycles. The van der Waals surface area contributed by atoms with Crippen molar-refractivity contribution in [2.24, 2.45) is 0 Å². The van der Waals surface area contributed by atoms with Gasteiger partial charge in [0.05, 0.1) is 13.7 Å². The Morgan fingerprint density at radius 2 is 1.78 bits per heavy atom. The minimum absolute atomic E-state index is 0.0130. The average molecular weight is 448 g/mol. The molecule has 0 spiro atoms. The van der Waals surface area contributed by atoms with E-state index in [1.165, 1.54) is 25.3 Å². The Kier molecular flexibility index (Phi) is 6.13. The van der Waals surface area contributed by atoms with Crippen molar-refractivity contribution in [3.8, 4) is 28.7 Å². The predicted molar refractivity (Wildman–Crippen MR) is 109 cm³/mol. The lowest BCUT2D eigenvalue weighted by Gasteiger charge is -2.39. The first-order valence-electron chi connectivity index (χ1n) is 9.90. The molecule has 6 N–H and O–H groups in total. The highest BCUT2D eigenvalue weighted by atomic mass is 16.7. The summed E-state index contributed by atoms with van der Waals surface area (Å²) >= 11 is 0. The number of phenolic OH excluding ortho intramolecular Hbond substituents is 2. The summed E-state index contributed by atoms with van der Waals surface area (Å²) in [5.41, 5.74) is 1.16. The fourth-order valence-electron chi connectivity index (χ4n) is 3.63. The van der Waals surface area contributed by atoms with Gasteiger partial charge in [0.1, 0.15) is 47.4 Å². The van der Waals surface area contributed by atoms with E-state index in [4.69, 9.17) is 18.9 Å². The monoisotopic (exact) mass is 448 g/mol. The number of benzene rings is 2. The van der Waals surface area contributed by atoms with Crippen LogP contribution in [0.5, 0.6) is 28.7 Å². The zero-order valence-corrected chi connectivity index (χ0v) is 17.1. The number of aliphatic hydroxyl groups is 4. The molecule has 0 amide bonds. The van der Waals surface area contributed by atoms with Crippen LogP contribution < -0.4 is 14.2 Å². The molecule has 5 atom stereocenters. The van der Waals surface area contributed by atoms with Crippen LogP contribution >= 0.6 is 0 Å². The lowest BCUT2D eigenvalue weighted by Crippen LogP contribution is -2.60. The molecule has 2 aliphatic rings. The van der Waals surface area contributed by atoms with Crippen molar-refractivity contribution in [1.82, 2.24) is 0 Å². The molecule has 0 radical (unpaired) electrons. The molecule has 2 heterocycles. The molecule has 4 rings (SSSR count). The zero-order chi connectivity index (χ0) is 23.0. The van der Waals surface area contributed by atoms with Gasteiger partial charge in [0.25, 0.3) is 0 Å². The summed E-state index contributed by atoms with van der Waals surface area (Å²) in [6, 6.07) is 7.54. The van der Waals surface area contributed by atoms with Gasteiger partial charge in [-0.05, 0) is 24.3 Å². The molecule has 10 nitrogen and oxygen atoms in total. The summed E-state index contributed by atoms with van der Waals surface area (Å²) in [6.45, 7) is -0.590. The summed E-state index contributed by atoms with van der Waals surface area (Å²) in [6.07, 6.45) is -5.08. The Balaban J connectivity index is 1.57. The van der Waals surface area contributed by atoms with Crippen LogP contribution in [0.25, 0.3) is 5.76 Å². The third kappa shape index (κ3) is 4.06. The topological polar surface area (TPSA) is 158 Å². The Morgan fingerprint density at radius 1 is 1.00 bits per heavy atom. The molecule has 5 unspecified atom stereocenters. The summed E-state index contributed by atoms with van der Waals surface area (Å²) in [5.74, 6) is 1.01. The van der Waals surface area contributed by atoms with Crippen molar-refractivity contribution in [2.75, 3.05) is 13.7 Å². The molecule has 1 fully saturated rings. The quantitative estimate of drug-likeness (QED) is 0.375. The molecule has 0 aromatic heterocycles. The van der Waals surface area contributed by atoms with Gasteiger partial charge in [-0.15, -0.1) is 0 Å². The van der Waals surface area contributed by atoms with Gasteiger partial charge in [-0.25, -0.2) is 0 Å². The first-order valence-corrected chi connectivity index (χ1v) is 9.90. The molecule has 2 aromatic carbocycles. The maximum Gasteiger partial charge on any atom is 0.229 e. The largest absolute Gasteiger partial charge is 0.507 e. The van der Waals surface area contributed by atoms with Crippen molar-refractivity contribution >= 4 is 5.76 Å². The van der Waals surface area contributed by atoms with Crippen LogP contribution in [-0.4, -0.2) is 75.1 Å². The minimum atomic E-state index is -1.59. The summed E-state index contributed by atoms with van der Waals surface area (Å²) < 4.78 is 22.0. The first-order chi connectivity index (χ1) is 15.3. The highest BCUT2D eigenvalue weighted by Gasteiger charge is 2.44. The van der Waals surface area contributed by atoms with Crippen LogP contribution in [0.15, 0.2) is 36.4 Å². The van der Waals surface area contributed by atoms with Gasteiger partial charge in [-0.3, -0.25) is 0 Å². The van der Waals surface area contributed by atoms with E-state index in [1.807, 2.05) is 0 Å².